The van der Waals surface area contributed by atoms with Crippen LogP contribution in [-0.4, -0.2) is 41.1 Å². The summed E-state index contributed by atoms with van der Waals surface area (Å²) in [6, 6.07) is 0. The van der Waals surface area contributed by atoms with E-state index < -0.39 is 29.0 Å². The molecule has 0 aliphatic heterocycles. The van der Waals surface area contributed by atoms with Gasteiger partial charge in [0.05, 0.1) is 5.57 Å². The SMILES string of the molecule is COC(O)[C@]12CCC(C)(C)CC1C1C(=O)C=C3[C@@]4(C)C=C(C(=O)O)C(=O)[C@@H](C)[C@@H]4CC[C@@]3(C)[C@]1(C)CC2. The predicted molar refractivity (Wildman–Crippen MR) is 139 cm³/mol. The van der Waals surface area contributed by atoms with Crippen LogP contribution in [0.4, 0.5) is 0 Å². The van der Waals surface area contributed by atoms with E-state index >= 15 is 0 Å². The molecular formula is C31H44O6. The third kappa shape index (κ3) is 3.33. The van der Waals surface area contributed by atoms with Gasteiger partial charge in [-0.05, 0) is 79.1 Å². The number of ketones is 2. The topological polar surface area (TPSA) is 101 Å². The summed E-state index contributed by atoms with van der Waals surface area (Å²) in [4.78, 5) is 39.3. The van der Waals surface area contributed by atoms with Crippen molar-refractivity contribution in [3.05, 3.63) is 23.3 Å². The van der Waals surface area contributed by atoms with E-state index in [2.05, 4.69) is 34.6 Å². The lowest BCUT2D eigenvalue weighted by atomic mass is 9.34. The molecule has 5 aliphatic carbocycles. The monoisotopic (exact) mass is 512 g/mol. The molecule has 6 heteroatoms. The molecule has 3 saturated carbocycles. The van der Waals surface area contributed by atoms with Crippen molar-refractivity contribution in [1.29, 1.82) is 0 Å². The number of fused-ring (bicyclic) bond motifs is 7. The fourth-order valence-corrected chi connectivity index (χ4v) is 10.0. The number of hydrogen-bond donors (Lipinski definition) is 2. The van der Waals surface area contributed by atoms with Gasteiger partial charge < -0.3 is 14.9 Å². The summed E-state index contributed by atoms with van der Waals surface area (Å²) in [6.45, 7) is 13.0. The third-order valence-corrected chi connectivity index (χ3v) is 12.4. The van der Waals surface area contributed by atoms with Gasteiger partial charge in [-0.3, -0.25) is 9.59 Å². The van der Waals surface area contributed by atoms with Crippen molar-refractivity contribution < 1.29 is 29.3 Å². The molecule has 0 bridgehead atoms. The van der Waals surface area contributed by atoms with Crippen molar-refractivity contribution in [3.8, 4) is 0 Å². The average molecular weight is 513 g/mol. The third-order valence-electron chi connectivity index (χ3n) is 12.4. The first-order valence-electron chi connectivity index (χ1n) is 14.1. The molecule has 3 unspecified atom stereocenters. The van der Waals surface area contributed by atoms with Gasteiger partial charge in [0.1, 0.15) is 0 Å². The molecular weight excluding hydrogens is 468 g/mol. The van der Waals surface area contributed by atoms with Gasteiger partial charge in [-0.2, -0.15) is 0 Å². The van der Waals surface area contributed by atoms with Gasteiger partial charge in [0.25, 0.3) is 0 Å². The first-order valence-corrected chi connectivity index (χ1v) is 14.1. The maximum atomic E-state index is 14.3. The van der Waals surface area contributed by atoms with Crippen LogP contribution in [0.2, 0.25) is 0 Å². The highest BCUT2D eigenvalue weighted by atomic mass is 16.6. The lowest BCUT2D eigenvalue weighted by molar-refractivity contribution is -0.245. The van der Waals surface area contributed by atoms with Crippen molar-refractivity contribution in [2.24, 2.45) is 50.7 Å². The molecule has 0 aromatic heterocycles. The number of ether oxygens (including phenoxy) is 1. The molecule has 0 spiro atoms. The molecule has 9 atom stereocenters. The summed E-state index contributed by atoms with van der Waals surface area (Å²) in [7, 11) is 1.56. The number of carbonyl (C=O) groups is 3. The Labute approximate surface area is 220 Å². The number of carboxylic acid groups (broad SMARTS) is 1. The summed E-state index contributed by atoms with van der Waals surface area (Å²) in [6.07, 6.45) is 8.61. The van der Waals surface area contributed by atoms with Gasteiger partial charge in [0, 0.05) is 29.8 Å². The Balaban J connectivity index is 1.69. The van der Waals surface area contributed by atoms with Crippen LogP contribution in [0.25, 0.3) is 0 Å². The Morgan fingerprint density at radius 1 is 1.03 bits per heavy atom. The van der Waals surface area contributed by atoms with Gasteiger partial charge in [-0.15, -0.1) is 0 Å². The summed E-state index contributed by atoms with van der Waals surface area (Å²) in [5, 5.41) is 21.0. The van der Waals surface area contributed by atoms with Crippen molar-refractivity contribution in [3.63, 3.8) is 0 Å². The number of aliphatic carboxylic acids is 1. The van der Waals surface area contributed by atoms with E-state index in [1.54, 1.807) is 13.2 Å². The maximum Gasteiger partial charge on any atom is 0.339 e. The van der Waals surface area contributed by atoms with Crippen molar-refractivity contribution >= 4 is 17.5 Å². The van der Waals surface area contributed by atoms with Gasteiger partial charge in [-0.1, -0.05) is 53.2 Å². The lowest BCUT2D eigenvalue weighted by Gasteiger charge is -2.69. The number of methoxy groups -OCH3 is 1. The number of Topliss-reactive ketones (excluding diaryl/α,β-unsaturated/α-hetero) is 1. The fourth-order valence-electron chi connectivity index (χ4n) is 10.0. The number of carbonyl (C=O) groups excluding carboxylic acids is 2. The molecule has 0 amide bonds. The van der Waals surface area contributed by atoms with Crippen molar-refractivity contribution in [1.82, 2.24) is 0 Å². The highest BCUT2D eigenvalue weighted by Gasteiger charge is 2.70. The predicted octanol–water partition coefficient (Wildman–Crippen LogP) is 5.34. The van der Waals surface area contributed by atoms with E-state index in [4.69, 9.17) is 4.74 Å². The molecule has 0 aromatic carbocycles. The zero-order chi connectivity index (χ0) is 27.3. The number of hydrogen-bond acceptors (Lipinski definition) is 5. The highest BCUT2D eigenvalue weighted by Crippen LogP contribution is 2.74. The molecule has 3 fully saturated rings. The zero-order valence-electron chi connectivity index (χ0n) is 23.5. The van der Waals surface area contributed by atoms with E-state index in [0.29, 0.717) is 0 Å². The standard InChI is InChI=1S/C31H44O6/c1-17-19-8-9-29(5)22(28(19,4)15-18(24(17)33)25(34)35)14-21(32)23-20-16-27(2,3)10-12-31(20,26(36)37-7)13-11-30(23,29)6/h14-15,17,19-20,23,26,36H,8-13,16H2,1-7H3,(H,34,35)/t17-,19-,20?,23?,26?,28-,29+,30+,31-/m0/s1. The van der Waals surface area contributed by atoms with Crippen molar-refractivity contribution in [2.45, 2.75) is 92.8 Å². The summed E-state index contributed by atoms with van der Waals surface area (Å²) in [5.74, 6) is -2.03. The van der Waals surface area contributed by atoms with Gasteiger partial charge in [0.15, 0.2) is 17.9 Å². The molecule has 6 nitrogen and oxygen atoms in total. The first kappa shape index (κ1) is 26.8. The van der Waals surface area contributed by atoms with Gasteiger partial charge >= 0.3 is 5.97 Å². The second-order valence-corrected chi connectivity index (χ2v) is 14.4. The minimum absolute atomic E-state index is 0.00887. The van der Waals surface area contributed by atoms with E-state index in [9.17, 15) is 24.6 Å². The molecule has 0 aromatic rings. The minimum Gasteiger partial charge on any atom is -0.478 e. The van der Waals surface area contributed by atoms with Gasteiger partial charge in [-0.25, -0.2) is 4.79 Å². The van der Waals surface area contributed by atoms with Crippen LogP contribution in [0.5, 0.6) is 0 Å². The molecule has 5 aliphatic rings. The number of aliphatic hydroxyl groups is 1. The normalized spacial score (nSPS) is 47.5. The largest absolute Gasteiger partial charge is 0.478 e. The van der Waals surface area contributed by atoms with Crippen LogP contribution in [0.3, 0.4) is 0 Å². The van der Waals surface area contributed by atoms with E-state index in [-0.39, 0.29) is 51.1 Å². The molecule has 0 radical (unpaired) electrons. The van der Waals surface area contributed by atoms with Gasteiger partial charge in [0.2, 0.25) is 0 Å². The second kappa shape index (κ2) is 8.11. The summed E-state index contributed by atoms with van der Waals surface area (Å²) in [5.41, 5.74) is -0.808. The molecule has 0 saturated heterocycles. The molecule has 37 heavy (non-hydrogen) atoms. The average Bonchev–Trinajstić information content (AvgIpc) is 2.82. The Kier molecular flexibility index (Phi) is 5.87. The number of rotatable bonds is 3. The lowest BCUT2D eigenvalue weighted by Crippen LogP contribution is -2.66. The molecule has 2 N–H and O–H groups in total. The number of allylic oxidation sites excluding steroid dienone is 3. The molecule has 204 valence electrons. The van der Waals surface area contributed by atoms with E-state index in [1.807, 2.05) is 13.0 Å². The minimum atomic E-state index is -1.18. The maximum absolute atomic E-state index is 14.3. The highest BCUT2D eigenvalue weighted by molar-refractivity contribution is 6.18. The molecule has 0 heterocycles. The van der Waals surface area contributed by atoms with E-state index in [1.165, 1.54) is 0 Å². The second-order valence-electron chi connectivity index (χ2n) is 14.4. The van der Waals surface area contributed by atoms with Crippen LogP contribution in [0.15, 0.2) is 23.3 Å². The van der Waals surface area contributed by atoms with Crippen molar-refractivity contribution in [2.75, 3.05) is 7.11 Å². The number of carboxylic acids is 1. The van der Waals surface area contributed by atoms with Crippen LogP contribution in [-0.2, 0) is 19.1 Å². The Morgan fingerprint density at radius 3 is 2.30 bits per heavy atom. The fraction of sp³-hybridized carbons (Fsp3) is 0.774. The smallest absolute Gasteiger partial charge is 0.339 e. The zero-order valence-corrected chi connectivity index (χ0v) is 23.5. The van der Waals surface area contributed by atoms with Crippen LogP contribution in [0, 0.1) is 50.7 Å². The summed E-state index contributed by atoms with van der Waals surface area (Å²) < 4.78 is 5.57. The Bertz CT molecular complexity index is 1120. The Morgan fingerprint density at radius 2 is 1.68 bits per heavy atom. The first-order chi connectivity index (χ1) is 17.1. The van der Waals surface area contributed by atoms with Crippen LogP contribution >= 0.6 is 0 Å². The van der Waals surface area contributed by atoms with E-state index in [0.717, 1.165) is 50.5 Å². The number of aliphatic hydroxyl groups excluding tert-OH is 1. The van der Waals surface area contributed by atoms with Crippen LogP contribution in [0.1, 0.15) is 86.5 Å². The molecule has 5 rings (SSSR count). The van der Waals surface area contributed by atoms with Crippen LogP contribution < -0.4 is 0 Å². The Hall–Kier alpha value is -1.79. The quantitative estimate of drug-likeness (QED) is 0.391. The summed E-state index contributed by atoms with van der Waals surface area (Å²) >= 11 is 0.